The molecule has 0 aromatic carbocycles. The van der Waals surface area contributed by atoms with Gasteiger partial charge in [0.15, 0.2) is 5.82 Å². The first-order valence-electron chi connectivity index (χ1n) is 10.7. The second-order valence-corrected chi connectivity index (χ2v) is 9.56. The summed E-state index contributed by atoms with van der Waals surface area (Å²) in [7, 11) is 0. The van der Waals surface area contributed by atoms with Crippen LogP contribution in [0.4, 0.5) is 5.82 Å². The number of aromatic nitrogens is 2. The lowest BCUT2D eigenvalue weighted by Gasteiger charge is -2.32. The Morgan fingerprint density at radius 3 is 2.63 bits per heavy atom. The zero-order valence-corrected chi connectivity index (χ0v) is 18.4. The lowest BCUT2D eigenvalue weighted by molar-refractivity contribution is -0.135. The van der Waals surface area contributed by atoms with Gasteiger partial charge in [0, 0.05) is 49.2 Å². The first-order valence-corrected chi connectivity index (χ1v) is 11.5. The second kappa shape index (κ2) is 9.12. The third kappa shape index (κ3) is 4.64. The summed E-state index contributed by atoms with van der Waals surface area (Å²) in [6, 6.07) is 7.98. The highest BCUT2D eigenvalue weighted by Crippen LogP contribution is 2.33. The summed E-state index contributed by atoms with van der Waals surface area (Å²) in [5.74, 6) is 1.59. The molecule has 160 valence electrons. The highest BCUT2D eigenvalue weighted by atomic mass is 32.1. The Hall–Kier alpha value is -2.48. The van der Waals surface area contributed by atoms with Gasteiger partial charge in [0.1, 0.15) is 0 Å². The van der Waals surface area contributed by atoms with Gasteiger partial charge in [-0.2, -0.15) is 5.10 Å². The molecule has 0 aliphatic carbocycles. The lowest BCUT2D eigenvalue weighted by atomic mass is 9.94. The van der Waals surface area contributed by atoms with Gasteiger partial charge in [-0.05, 0) is 49.4 Å². The van der Waals surface area contributed by atoms with Crippen LogP contribution in [0.5, 0.6) is 0 Å². The molecule has 0 saturated carbocycles. The van der Waals surface area contributed by atoms with E-state index in [-0.39, 0.29) is 23.8 Å². The highest BCUT2D eigenvalue weighted by Gasteiger charge is 2.28. The predicted molar refractivity (Wildman–Crippen MR) is 118 cm³/mol. The van der Waals surface area contributed by atoms with E-state index in [1.54, 1.807) is 17.5 Å². The van der Waals surface area contributed by atoms with Crippen molar-refractivity contribution in [3.05, 3.63) is 40.2 Å². The Balaban J connectivity index is 1.29. The Labute approximate surface area is 181 Å². The molecule has 8 heteroatoms. The van der Waals surface area contributed by atoms with Crippen molar-refractivity contribution < 1.29 is 9.59 Å². The average Bonchev–Trinajstić information content (AvgIpc) is 3.44. The summed E-state index contributed by atoms with van der Waals surface area (Å²) in [6.07, 6.45) is 4.51. The quantitative estimate of drug-likeness (QED) is 0.794. The van der Waals surface area contributed by atoms with Crippen molar-refractivity contribution in [1.29, 1.82) is 0 Å². The molecule has 4 rings (SSSR count). The van der Waals surface area contributed by atoms with Gasteiger partial charge in [-0.3, -0.25) is 9.59 Å². The maximum Gasteiger partial charge on any atom is 0.261 e. The number of carbonyl (C=O) groups is 2. The van der Waals surface area contributed by atoms with Gasteiger partial charge in [-0.15, -0.1) is 16.4 Å². The van der Waals surface area contributed by atoms with Crippen LogP contribution in [0.3, 0.4) is 0 Å². The summed E-state index contributed by atoms with van der Waals surface area (Å²) in [4.78, 5) is 31.1. The van der Waals surface area contributed by atoms with Gasteiger partial charge < -0.3 is 15.1 Å². The molecule has 1 atom stereocenters. The normalized spacial score (nSPS) is 20.0. The van der Waals surface area contributed by atoms with Crippen LogP contribution in [0.1, 0.15) is 53.6 Å². The topological polar surface area (TPSA) is 78.4 Å². The Morgan fingerprint density at radius 1 is 1.13 bits per heavy atom. The van der Waals surface area contributed by atoms with E-state index in [9.17, 15) is 9.59 Å². The molecular formula is C22H29N5O2S. The number of carbonyl (C=O) groups excluding carboxylic acids is 2. The van der Waals surface area contributed by atoms with Crippen LogP contribution in [0.2, 0.25) is 0 Å². The number of hydrogen-bond donors (Lipinski definition) is 1. The van der Waals surface area contributed by atoms with Crippen molar-refractivity contribution >= 4 is 29.0 Å². The number of thiophene rings is 1. The third-order valence-corrected chi connectivity index (χ3v) is 7.21. The molecule has 1 unspecified atom stereocenters. The SMILES string of the molecule is CC(C)C(=O)N1CCC(c2ccc(C(=O)NC3CCN(c4cccnn4)C3)s2)CC1. The van der Waals surface area contributed by atoms with Crippen LogP contribution < -0.4 is 10.2 Å². The zero-order chi connectivity index (χ0) is 21.1. The zero-order valence-electron chi connectivity index (χ0n) is 17.6. The van der Waals surface area contributed by atoms with Crippen molar-refractivity contribution in [3.63, 3.8) is 0 Å². The van der Waals surface area contributed by atoms with Crippen molar-refractivity contribution in [3.8, 4) is 0 Å². The number of anilines is 1. The smallest absolute Gasteiger partial charge is 0.261 e. The molecule has 0 spiro atoms. The molecule has 0 bridgehead atoms. The molecule has 2 amide bonds. The van der Waals surface area contributed by atoms with Gasteiger partial charge in [0.05, 0.1) is 4.88 Å². The van der Waals surface area contributed by atoms with Gasteiger partial charge in [0.2, 0.25) is 5.91 Å². The van der Waals surface area contributed by atoms with Crippen LogP contribution in [-0.2, 0) is 4.79 Å². The van der Waals surface area contributed by atoms with Crippen molar-refractivity contribution in [2.24, 2.45) is 5.92 Å². The fourth-order valence-corrected chi connectivity index (χ4v) is 5.33. The van der Waals surface area contributed by atoms with Crippen LogP contribution in [0.15, 0.2) is 30.5 Å². The van der Waals surface area contributed by atoms with Crippen molar-refractivity contribution in [2.45, 2.75) is 45.1 Å². The van der Waals surface area contributed by atoms with Gasteiger partial charge >= 0.3 is 0 Å². The molecule has 1 N–H and O–H groups in total. The number of piperidine rings is 1. The second-order valence-electron chi connectivity index (χ2n) is 8.44. The minimum absolute atomic E-state index is 0.00432. The fourth-order valence-electron chi connectivity index (χ4n) is 4.25. The fraction of sp³-hybridized carbons (Fsp3) is 0.545. The van der Waals surface area contributed by atoms with Crippen LogP contribution in [0.25, 0.3) is 0 Å². The molecule has 0 radical (unpaired) electrons. The molecule has 2 aliphatic rings. The number of amides is 2. The Morgan fingerprint density at radius 2 is 1.93 bits per heavy atom. The maximum absolute atomic E-state index is 12.8. The van der Waals surface area contributed by atoms with E-state index < -0.39 is 0 Å². The molecule has 2 aromatic heterocycles. The Bertz CT molecular complexity index is 877. The van der Waals surface area contributed by atoms with E-state index in [1.807, 2.05) is 36.9 Å². The summed E-state index contributed by atoms with van der Waals surface area (Å²) >= 11 is 1.59. The van der Waals surface area contributed by atoms with E-state index in [2.05, 4.69) is 26.5 Å². The summed E-state index contributed by atoms with van der Waals surface area (Å²) in [6.45, 7) is 7.14. The van der Waals surface area contributed by atoms with E-state index >= 15 is 0 Å². The van der Waals surface area contributed by atoms with E-state index in [0.29, 0.717) is 5.92 Å². The average molecular weight is 428 g/mol. The van der Waals surface area contributed by atoms with Crippen molar-refractivity contribution in [1.82, 2.24) is 20.4 Å². The first kappa shape index (κ1) is 20.8. The van der Waals surface area contributed by atoms with Gasteiger partial charge in [-0.1, -0.05) is 13.8 Å². The number of nitrogens with one attached hydrogen (secondary N) is 1. The van der Waals surface area contributed by atoms with E-state index in [0.717, 1.165) is 56.1 Å². The van der Waals surface area contributed by atoms with E-state index in [4.69, 9.17) is 0 Å². The van der Waals surface area contributed by atoms with Gasteiger partial charge in [0.25, 0.3) is 5.91 Å². The highest BCUT2D eigenvalue weighted by molar-refractivity contribution is 7.14. The summed E-state index contributed by atoms with van der Waals surface area (Å²) in [5.41, 5.74) is 0. The number of hydrogen-bond acceptors (Lipinski definition) is 6. The standard InChI is InChI=1S/C22H29N5O2S/c1-15(2)22(29)26-11-7-16(8-12-26)18-5-6-19(30-18)21(28)24-17-9-13-27(14-17)20-4-3-10-23-25-20/h3-6,10,15-17H,7-9,11-14H2,1-2H3,(H,24,28). The molecule has 2 fully saturated rings. The minimum Gasteiger partial charge on any atom is -0.353 e. The maximum atomic E-state index is 12.8. The largest absolute Gasteiger partial charge is 0.353 e. The lowest BCUT2D eigenvalue weighted by Crippen LogP contribution is -2.40. The summed E-state index contributed by atoms with van der Waals surface area (Å²) < 4.78 is 0. The molecule has 2 aliphatic heterocycles. The number of likely N-dealkylation sites (tertiary alicyclic amines) is 1. The predicted octanol–water partition coefficient (Wildman–Crippen LogP) is 2.91. The summed E-state index contributed by atoms with van der Waals surface area (Å²) in [5, 5.41) is 11.3. The molecule has 2 aromatic rings. The minimum atomic E-state index is 0.00432. The van der Waals surface area contributed by atoms with Crippen molar-refractivity contribution in [2.75, 3.05) is 31.1 Å². The third-order valence-electron chi connectivity index (χ3n) is 5.96. The van der Waals surface area contributed by atoms with Gasteiger partial charge in [-0.25, -0.2) is 0 Å². The molecule has 4 heterocycles. The molecule has 30 heavy (non-hydrogen) atoms. The number of rotatable bonds is 5. The van der Waals surface area contributed by atoms with E-state index in [1.165, 1.54) is 4.88 Å². The molecular weight excluding hydrogens is 398 g/mol. The first-order chi connectivity index (χ1) is 14.5. The molecule has 7 nitrogen and oxygen atoms in total. The van der Waals surface area contributed by atoms with Crippen LogP contribution >= 0.6 is 11.3 Å². The number of nitrogens with zero attached hydrogens (tertiary/aromatic N) is 4. The van der Waals surface area contributed by atoms with Crippen LogP contribution in [0, 0.1) is 5.92 Å². The molecule has 2 saturated heterocycles. The Kier molecular flexibility index (Phi) is 6.32. The van der Waals surface area contributed by atoms with Crippen LogP contribution in [-0.4, -0.2) is 59.1 Å². The monoisotopic (exact) mass is 427 g/mol.